The first-order valence-corrected chi connectivity index (χ1v) is 37.6. The number of benzene rings is 10. The number of fused-ring (bicyclic) bond motifs is 2. The molecule has 0 saturated carbocycles. The molecule has 10 aromatic rings. The van der Waals surface area contributed by atoms with E-state index < -0.39 is 133 Å². The van der Waals surface area contributed by atoms with E-state index in [2.05, 4.69) is 90.3 Å². The lowest BCUT2D eigenvalue weighted by molar-refractivity contribution is -0.432. The highest BCUT2D eigenvalue weighted by atomic mass is 32.2. The van der Waals surface area contributed by atoms with E-state index in [1.807, 2.05) is 0 Å². The van der Waals surface area contributed by atoms with E-state index in [4.69, 9.17) is 20.0 Å². The van der Waals surface area contributed by atoms with Gasteiger partial charge in [-0.1, -0.05) is 10.1 Å². The first kappa shape index (κ1) is 87.6. The van der Waals surface area contributed by atoms with Gasteiger partial charge in [0.1, 0.15) is 45.5 Å². The number of carboxylic acids is 4. The highest BCUT2D eigenvalue weighted by Gasteiger charge is 2.43. The lowest BCUT2D eigenvalue weighted by Crippen LogP contribution is -2.33. The van der Waals surface area contributed by atoms with Crippen molar-refractivity contribution in [3.05, 3.63) is 200 Å². The molecule has 10 aromatic carbocycles. The molecule has 0 radical (unpaired) electrons. The van der Waals surface area contributed by atoms with Gasteiger partial charge in [0, 0.05) is 41.1 Å². The molecule has 2 atom stereocenters. The molecule has 12 rings (SSSR count). The van der Waals surface area contributed by atoms with Gasteiger partial charge in [-0.15, -0.1) is 34.2 Å². The summed E-state index contributed by atoms with van der Waals surface area (Å²) in [4.78, 5) is 93.5. The normalized spacial score (nSPS) is 14.4. The highest BCUT2D eigenvalue weighted by Crippen LogP contribution is 2.49. The molecule has 2 unspecified atom stereocenters. The van der Waals surface area contributed by atoms with Crippen LogP contribution in [0.2, 0.25) is 0 Å². The molecule has 2 heterocycles. The second-order valence-electron chi connectivity index (χ2n) is 24.4. The molecule has 2 aliphatic heterocycles. The van der Waals surface area contributed by atoms with Crippen molar-refractivity contribution in [1.82, 2.24) is 0 Å². The molecular formula is C70H50N18O30S4. The number of rotatable bonds is 30. The third-order valence-corrected chi connectivity index (χ3v) is 19.8. The Balaban J connectivity index is 0.000000238. The predicted octanol–water partition coefficient (Wildman–Crippen LogP) is 15.8. The van der Waals surface area contributed by atoms with Gasteiger partial charge in [-0.3, -0.25) is 38.9 Å². The number of non-ortho nitro benzene ring substituents is 1. The zero-order valence-electron chi connectivity index (χ0n) is 61.5. The molecule has 0 spiro atoms. The molecule has 2 amide bonds. The number of phenols is 2. The summed E-state index contributed by atoms with van der Waals surface area (Å²) in [6, 6.07) is 28.5. The minimum Gasteiger partial charge on any atom is -0.505 e. The monoisotopic (exact) mass is 1750 g/mol. The largest absolute Gasteiger partial charge is 0.505 e. The number of phenolic OH excluding ortho intramolecular Hbond substituents is 2. The van der Waals surface area contributed by atoms with Crippen LogP contribution in [0.3, 0.4) is 0 Å². The summed E-state index contributed by atoms with van der Waals surface area (Å²) in [6.45, 7) is 3.27. The maximum Gasteiger partial charge on any atom is 0.355 e. The number of carboxylic acid groups (broad SMARTS) is 4. The fourth-order valence-corrected chi connectivity index (χ4v) is 13.0. The van der Waals surface area contributed by atoms with Crippen LogP contribution < -0.4 is 19.5 Å². The number of ether oxygens (including phenoxy) is 2. The highest BCUT2D eigenvalue weighted by molar-refractivity contribution is 7.95. The van der Waals surface area contributed by atoms with Crippen LogP contribution in [0.5, 0.6) is 23.0 Å². The Labute approximate surface area is 687 Å². The van der Waals surface area contributed by atoms with Gasteiger partial charge in [-0.05, 0) is 163 Å². The Bertz CT molecular complexity index is 6520. The van der Waals surface area contributed by atoms with Crippen LogP contribution in [-0.2, 0) is 58.2 Å². The molecule has 10 N–H and O–H groups in total. The molecule has 122 heavy (non-hydrogen) atoms. The first-order chi connectivity index (χ1) is 58.0. The Morgan fingerprint density at radius 2 is 0.861 bits per heavy atom. The standard InChI is InChI=1S/2C35H25N9O15S2/c1-16-11-25(27(57-2)15-24(16)38-36-19-4-10-26(44(51)52)23(14-19)34(47)48)39-40-29-28(60-59-58-53)13-17-12-18(3-9-22(17)32(29)45)37-41-30-31(35(49)50)42-43(33(30)46)20-5-7-21(8-6-20)61(54,55)56;1-16-11-26(27(57-2)15-25(16)38-37-24-10-6-20(44(51)52)14-23(24)34(47)48)39-40-29-28(60-59-58-53)13-17-12-18(3-9-22(17)32(29)45)36-41-30-31(35(49)50)42-43(33(30)46)19-4-7-21(8-5-19)61(54,55)56/h2*3-15,30,45,53H,1-2H3,(H,47,48)(H,49,50)(H,54,55,56). The van der Waals surface area contributed by atoms with Gasteiger partial charge in [0.05, 0.1) is 113 Å². The van der Waals surface area contributed by atoms with Gasteiger partial charge in [-0.25, -0.2) is 29.7 Å². The molecule has 0 aliphatic carbocycles. The number of nitro benzene ring substituents is 2. The van der Waals surface area contributed by atoms with Gasteiger partial charge in [0.25, 0.3) is 43.4 Å². The van der Waals surface area contributed by atoms with Gasteiger partial charge in [0.2, 0.25) is 12.1 Å². The number of aryl methyl sites for hydroxylation is 2. The SMILES string of the molecule is COc1cc(N=Nc2ccc([N+](=O)[O-])c(C(=O)O)c2)c(C)cc1N=Nc1c(SOOO)cc2cc(N=NC3C(=O)N(c4ccc(S(=O)(=O)O)cc4)N=C3C(=O)O)ccc2c1O.COc1cc(N=Nc2ccc([N+](=O)[O-])cc2C(=O)O)c(C)cc1N=Nc1c(SOOO)cc2cc(N=NC3C(=O)N(c4ccc(S(=O)(=O)O)cc4)N=C3C(=O)O)ccc2c1O. The predicted molar refractivity (Wildman–Crippen MR) is 419 cm³/mol. The number of amides is 2. The number of carbonyl (C=O) groups is 6. The molecule has 0 aromatic heterocycles. The Morgan fingerprint density at radius 1 is 0.459 bits per heavy atom. The smallest absolute Gasteiger partial charge is 0.355 e. The molecule has 0 bridgehead atoms. The van der Waals surface area contributed by atoms with Crippen molar-refractivity contribution in [1.29, 1.82) is 0 Å². The van der Waals surface area contributed by atoms with Crippen molar-refractivity contribution in [3.8, 4) is 23.0 Å². The van der Waals surface area contributed by atoms with Gasteiger partial charge in [-0.2, -0.15) is 72.9 Å². The van der Waals surface area contributed by atoms with Gasteiger partial charge >= 0.3 is 23.9 Å². The summed E-state index contributed by atoms with van der Waals surface area (Å²) in [5, 5.41) is 167. The van der Waals surface area contributed by atoms with Crippen LogP contribution in [0.25, 0.3) is 21.5 Å². The van der Waals surface area contributed by atoms with Gasteiger partial charge in [0.15, 0.2) is 22.9 Å². The van der Waals surface area contributed by atoms with Crippen LogP contribution in [-0.4, -0.2) is 150 Å². The second-order valence-corrected chi connectivity index (χ2v) is 28.7. The van der Waals surface area contributed by atoms with Crippen molar-refractivity contribution in [3.63, 3.8) is 0 Å². The first-order valence-electron chi connectivity index (χ1n) is 33.3. The number of methoxy groups -OCH3 is 2. The molecule has 624 valence electrons. The van der Waals surface area contributed by atoms with Gasteiger partial charge < -0.3 is 40.1 Å². The maximum atomic E-state index is 13.2. The van der Waals surface area contributed by atoms with E-state index in [0.29, 0.717) is 45.2 Å². The number of aliphatic carboxylic acids is 2. The summed E-state index contributed by atoms with van der Waals surface area (Å²) in [6.07, 6.45) is 0. The van der Waals surface area contributed by atoms with Crippen LogP contribution in [0, 0.1) is 34.1 Å². The van der Waals surface area contributed by atoms with Crippen molar-refractivity contribution in [2.45, 2.75) is 45.5 Å². The number of nitro groups is 2. The number of aromatic hydroxyl groups is 2. The molecule has 0 saturated heterocycles. The molecular weight excluding hydrogens is 1700 g/mol. The third-order valence-electron chi connectivity index (χ3n) is 16.8. The second kappa shape index (κ2) is 37.1. The topological polar surface area (TPSA) is 694 Å². The lowest BCUT2D eigenvalue weighted by atomic mass is 10.1. The van der Waals surface area contributed by atoms with Crippen molar-refractivity contribution >= 4 is 193 Å². The van der Waals surface area contributed by atoms with Crippen LogP contribution >= 0.6 is 24.1 Å². The third kappa shape index (κ3) is 19.8. The number of carbonyl (C=O) groups excluding carboxylic acids is 2. The minimum absolute atomic E-state index is 0.0185. The average Bonchev–Trinajstić information content (AvgIpc) is 1.14. The fourth-order valence-electron chi connectivity index (χ4n) is 11.0. The zero-order valence-corrected chi connectivity index (χ0v) is 64.8. The number of hydrogen-bond donors (Lipinski definition) is 10. The number of hydrogen-bond acceptors (Lipinski definition) is 40. The average molecular weight is 1750 g/mol. The fraction of sp³-hybridized carbons (Fsp3) is 0.0857. The van der Waals surface area contributed by atoms with Crippen molar-refractivity contribution < 1.29 is 134 Å². The number of nitrogens with zero attached hydrogens (tertiary/aromatic N) is 18. The maximum absolute atomic E-state index is 13.2. The zero-order chi connectivity index (χ0) is 88.3. The van der Waals surface area contributed by atoms with E-state index >= 15 is 0 Å². The summed E-state index contributed by atoms with van der Waals surface area (Å²) in [5.74, 6) is -8.63. The minimum atomic E-state index is -4.55. The number of azo groups is 6. The number of aromatic carboxylic acids is 2. The quantitative estimate of drug-likeness (QED) is 0.00499. The Kier molecular flexibility index (Phi) is 26.7. The summed E-state index contributed by atoms with van der Waals surface area (Å²) in [5.41, 5.74) is -2.12. The number of hydrazone groups is 2. The molecule has 48 nitrogen and oxygen atoms in total. The number of anilines is 2. The summed E-state index contributed by atoms with van der Waals surface area (Å²) >= 11 is 0.853. The Morgan fingerprint density at radius 3 is 1.25 bits per heavy atom. The van der Waals surface area contributed by atoms with E-state index in [0.717, 1.165) is 78.9 Å². The van der Waals surface area contributed by atoms with E-state index in [-0.39, 0.29) is 111 Å². The lowest BCUT2D eigenvalue weighted by Gasteiger charge is -2.12. The summed E-state index contributed by atoms with van der Waals surface area (Å²) < 4.78 is 84.2. The molecule has 2 aliphatic rings. The van der Waals surface area contributed by atoms with E-state index in [9.17, 15) is 106 Å². The van der Waals surface area contributed by atoms with E-state index in [1.165, 1.54) is 93.1 Å². The van der Waals surface area contributed by atoms with Crippen LogP contribution in [0.1, 0.15) is 31.8 Å². The molecule has 52 heteroatoms. The Hall–Kier alpha value is -15.2. The van der Waals surface area contributed by atoms with Crippen molar-refractivity contribution in [2.24, 2.45) is 71.6 Å². The van der Waals surface area contributed by atoms with Crippen molar-refractivity contribution in [2.75, 3.05) is 24.2 Å². The summed E-state index contributed by atoms with van der Waals surface area (Å²) in [7, 11) is -6.44. The van der Waals surface area contributed by atoms with E-state index in [1.54, 1.807) is 13.8 Å². The van der Waals surface area contributed by atoms with Crippen LogP contribution in [0.15, 0.2) is 249 Å². The molecule has 0 fully saturated rings. The van der Waals surface area contributed by atoms with Crippen LogP contribution in [0.4, 0.5) is 79.6 Å².